The Hall–Kier alpha value is -1.55. The van der Waals surface area contributed by atoms with Gasteiger partial charge in [0, 0.05) is 18.5 Å². The Bertz CT molecular complexity index is 536. The van der Waals surface area contributed by atoms with Gasteiger partial charge >= 0.3 is 6.09 Å². The van der Waals surface area contributed by atoms with Crippen LogP contribution in [0.2, 0.25) is 0 Å². The molecule has 2 atom stereocenters. The third kappa shape index (κ3) is 4.71. The quantitative estimate of drug-likeness (QED) is 0.920. The minimum absolute atomic E-state index is 0.00889. The second kappa shape index (κ2) is 7.35. The Balaban J connectivity index is 2.23. The van der Waals surface area contributed by atoms with Crippen molar-refractivity contribution in [3.8, 4) is 0 Å². The predicted octanol–water partition coefficient (Wildman–Crippen LogP) is 3.86. The molecule has 1 aliphatic rings. The van der Waals surface area contributed by atoms with E-state index in [1.807, 2.05) is 50.8 Å². The lowest BCUT2D eigenvalue weighted by atomic mass is 9.85. The summed E-state index contributed by atoms with van der Waals surface area (Å²) < 4.78 is 5.57. The Kier molecular flexibility index (Phi) is 5.69. The largest absolute Gasteiger partial charge is 0.444 e. The van der Waals surface area contributed by atoms with Crippen molar-refractivity contribution in [2.24, 2.45) is 0 Å². The van der Waals surface area contributed by atoms with E-state index in [1.54, 1.807) is 0 Å². The van der Waals surface area contributed by atoms with Crippen molar-refractivity contribution in [1.82, 2.24) is 4.90 Å². The van der Waals surface area contributed by atoms with Gasteiger partial charge in [-0.3, -0.25) is 0 Å². The highest BCUT2D eigenvalue weighted by Gasteiger charge is 2.35. The van der Waals surface area contributed by atoms with Crippen LogP contribution in [0, 0.1) is 6.92 Å². The summed E-state index contributed by atoms with van der Waals surface area (Å²) in [6.07, 6.45) is 2.69. The molecule has 1 aromatic carbocycles. The molecule has 0 radical (unpaired) electrons. The Morgan fingerprint density at radius 2 is 2.13 bits per heavy atom. The van der Waals surface area contributed by atoms with Gasteiger partial charge in [-0.15, -0.1) is 0 Å². The van der Waals surface area contributed by atoms with Gasteiger partial charge < -0.3 is 14.7 Å². The van der Waals surface area contributed by atoms with Gasteiger partial charge in [0.1, 0.15) is 5.60 Å². The molecule has 0 aromatic heterocycles. The normalized spacial score (nSPS) is 20.2. The van der Waals surface area contributed by atoms with Crippen LogP contribution in [-0.2, 0) is 4.74 Å². The first kappa shape index (κ1) is 17.8. The van der Waals surface area contributed by atoms with Gasteiger partial charge in [-0.05, 0) is 52.5 Å². The van der Waals surface area contributed by atoms with Crippen molar-refractivity contribution < 1.29 is 14.6 Å². The van der Waals surface area contributed by atoms with Gasteiger partial charge in [-0.2, -0.15) is 0 Å². The molecule has 2 rings (SSSR count). The van der Waals surface area contributed by atoms with Gasteiger partial charge in [0.05, 0.1) is 6.61 Å². The first-order chi connectivity index (χ1) is 10.8. The molecule has 1 aromatic rings. The second-order valence-corrected chi connectivity index (χ2v) is 7.44. The van der Waals surface area contributed by atoms with Gasteiger partial charge in [0.15, 0.2) is 0 Å². The van der Waals surface area contributed by atoms with Crippen LogP contribution in [0.25, 0.3) is 0 Å². The predicted molar refractivity (Wildman–Crippen MR) is 91.6 cm³/mol. The van der Waals surface area contributed by atoms with Crippen molar-refractivity contribution in [1.29, 1.82) is 0 Å². The molecule has 4 heteroatoms. The maximum Gasteiger partial charge on any atom is 0.410 e. The molecule has 4 nitrogen and oxygen atoms in total. The molecular formula is C19H29NO3. The number of amides is 1. The number of benzene rings is 1. The Morgan fingerprint density at radius 3 is 2.74 bits per heavy atom. The van der Waals surface area contributed by atoms with Crippen LogP contribution in [0.3, 0.4) is 0 Å². The second-order valence-electron chi connectivity index (χ2n) is 7.44. The number of carbonyl (C=O) groups is 1. The van der Waals surface area contributed by atoms with E-state index in [9.17, 15) is 9.90 Å². The fourth-order valence-corrected chi connectivity index (χ4v) is 3.27. The zero-order valence-electron chi connectivity index (χ0n) is 14.7. The topological polar surface area (TPSA) is 49.8 Å². The van der Waals surface area contributed by atoms with Crippen LogP contribution < -0.4 is 0 Å². The molecule has 1 amide bonds. The molecule has 0 aliphatic carbocycles. The van der Waals surface area contributed by atoms with Crippen molar-refractivity contribution in [3.63, 3.8) is 0 Å². The van der Waals surface area contributed by atoms with E-state index in [0.717, 1.165) is 24.8 Å². The Labute approximate surface area is 139 Å². The molecule has 23 heavy (non-hydrogen) atoms. The van der Waals surface area contributed by atoms with Crippen molar-refractivity contribution >= 4 is 6.09 Å². The van der Waals surface area contributed by atoms with Gasteiger partial charge in [-0.1, -0.05) is 29.8 Å². The van der Waals surface area contributed by atoms with Crippen LogP contribution in [0.4, 0.5) is 4.79 Å². The van der Waals surface area contributed by atoms with Crippen molar-refractivity contribution in [3.05, 3.63) is 35.4 Å². The summed E-state index contributed by atoms with van der Waals surface area (Å²) in [5, 5.41) is 9.98. The van der Waals surface area contributed by atoms with E-state index >= 15 is 0 Å². The average Bonchev–Trinajstić information content (AvgIpc) is 2.47. The summed E-state index contributed by atoms with van der Waals surface area (Å²) in [4.78, 5) is 14.4. The third-order valence-corrected chi connectivity index (χ3v) is 4.31. The summed E-state index contributed by atoms with van der Waals surface area (Å²) in [7, 11) is 0. The van der Waals surface area contributed by atoms with E-state index < -0.39 is 5.60 Å². The number of nitrogens with zero attached hydrogens (tertiary/aromatic N) is 1. The molecule has 0 bridgehead atoms. The standard InChI is InChI=1S/C19H29NO3/c1-14-8-7-9-15(12-14)16(13-21)17-10-5-6-11-20(17)18(22)23-19(2,3)4/h7-9,12,16-17,21H,5-6,10-11,13H2,1-4H3/t16-,17?/m1/s1. The number of aliphatic hydroxyl groups is 1. The van der Waals surface area contributed by atoms with Crippen LogP contribution in [0.15, 0.2) is 24.3 Å². The highest BCUT2D eigenvalue weighted by molar-refractivity contribution is 5.69. The molecule has 1 fully saturated rings. The maximum absolute atomic E-state index is 12.6. The molecule has 1 aliphatic heterocycles. The molecule has 0 saturated carbocycles. The molecule has 1 N–H and O–H groups in total. The third-order valence-electron chi connectivity index (χ3n) is 4.31. The van der Waals surface area contributed by atoms with Crippen LogP contribution >= 0.6 is 0 Å². The zero-order valence-corrected chi connectivity index (χ0v) is 14.7. The van der Waals surface area contributed by atoms with Crippen LogP contribution in [0.1, 0.15) is 57.1 Å². The lowest BCUT2D eigenvalue weighted by molar-refractivity contribution is 0.00347. The summed E-state index contributed by atoms with van der Waals surface area (Å²) in [6, 6.07) is 8.18. The van der Waals surface area contributed by atoms with Crippen molar-refractivity contribution in [2.45, 2.75) is 64.5 Å². The number of rotatable bonds is 3. The molecule has 1 unspecified atom stereocenters. The number of aryl methyl sites for hydroxylation is 1. The van der Waals surface area contributed by atoms with Gasteiger partial charge in [0.25, 0.3) is 0 Å². The fraction of sp³-hybridized carbons (Fsp3) is 0.632. The number of hydrogen-bond donors (Lipinski definition) is 1. The first-order valence-corrected chi connectivity index (χ1v) is 8.49. The zero-order chi connectivity index (χ0) is 17.0. The lowest BCUT2D eigenvalue weighted by Crippen LogP contribution is -2.49. The first-order valence-electron chi connectivity index (χ1n) is 8.49. The molecule has 1 heterocycles. The molecule has 1 saturated heterocycles. The van der Waals surface area contributed by atoms with E-state index in [1.165, 1.54) is 5.56 Å². The SMILES string of the molecule is Cc1cccc([C@@H](CO)C2CCCCN2C(=O)OC(C)(C)C)c1. The monoisotopic (exact) mass is 319 g/mol. The maximum atomic E-state index is 12.6. The number of hydrogen-bond acceptors (Lipinski definition) is 3. The fourth-order valence-electron chi connectivity index (χ4n) is 3.27. The molecular weight excluding hydrogens is 290 g/mol. The van der Waals surface area contributed by atoms with Crippen molar-refractivity contribution in [2.75, 3.05) is 13.2 Å². The van der Waals surface area contributed by atoms with E-state index in [2.05, 4.69) is 6.07 Å². The van der Waals surface area contributed by atoms with E-state index in [-0.39, 0.29) is 24.7 Å². The number of aliphatic hydroxyl groups excluding tert-OH is 1. The average molecular weight is 319 g/mol. The highest BCUT2D eigenvalue weighted by Crippen LogP contribution is 2.31. The van der Waals surface area contributed by atoms with E-state index in [0.29, 0.717) is 6.54 Å². The van der Waals surface area contributed by atoms with Gasteiger partial charge in [-0.25, -0.2) is 4.79 Å². The van der Waals surface area contributed by atoms with Gasteiger partial charge in [0.2, 0.25) is 0 Å². The summed E-state index contributed by atoms with van der Waals surface area (Å²) >= 11 is 0. The summed E-state index contributed by atoms with van der Waals surface area (Å²) in [6.45, 7) is 8.43. The number of carbonyl (C=O) groups excluding carboxylic acids is 1. The minimum Gasteiger partial charge on any atom is -0.444 e. The smallest absolute Gasteiger partial charge is 0.410 e. The molecule has 0 spiro atoms. The molecule has 128 valence electrons. The minimum atomic E-state index is -0.503. The lowest BCUT2D eigenvalue weighted by Gasteiger charge is -2.40. The number of piperidine rings is 1. The Morgan fingerprint density at radius 1 is 1.39 bits per heavy atom. The van der Waals surface area contributed by atoms with Crippen LogP contribution in [-0.4, -0.2) is 40.9 Å². The van der Waals surface area contributed by atoms with Crippen LogP contribution in [0.5, 0.6) is 0 Å². The van der Waals surface area contributed by atoms with E-state index in [4.69, 9.17) is 4.74 Å². The summed E-state index contributed by atoms with van der Waals surface area (Å²) in [5.74, 6) is -0.0669. The highest BCUT2D eigenvalue weighted by atomic mass is 16.6. The summed E-state index contributed by atoms with van der Waals surface area (Å²) in [5.41, 5.74) is 1.76. The number of ether oxygens (including phenoxy) is 1. The number of likely N-dealkylation sites (tertiary alicyclic amines) is 1.